The summed E-state index contributed by atoms with van der Waals surface area (Å²) < 4.78 is 39.9. The van der Waals surface area contributed by atoms with Crippen LogP contribution in [0.3, 0.4) is 0 Å². The average molecular weight is 612 g/mol. The zero-order valence-electron chi connectivity index (χ0n) is 22.1. The van der Waals surface area contributed by atoms with Crippen molar-refractivity contribution in [3.63, 3.8) is 0 Å². The van der Waals surface area contributed by atoms with Gasteiger partial charge in [0.05, 0.1) is 43.9 Å². The predicted molar refractivity (Wildman–Crippen MR) is 151 cm³/mol. The van der Waals surface area contributed by atoms with Gasteiger partial charge in [0.1, 0.15) is 41.8 Å². The van der Waals surface area contributed by atoms with Gasteiger partial charge in [-0.05, 0) is 38.1 Å². The van der Waals surface area contributed by atoms with E-state index in [-0.39, 0.29) is 22.5 Å². The van der Waals surface area contributed by atoms with Gasteiger partial charge in [0.25, 0.3) is 0 Å². The molecule has 42 heavy (non-hydrogen) atoms. The molecule has 2 aromatic carbocycles. The fourth-order valence-corrected chi connectivity index (χ4v) is 6.95. The van der Waals surface area contributed by atoms with Crippen LogP contribution in [-0.4, -0.2) is 74.8 Å². The van der Waals surface area contributed by atoms with Crippen molar-refractivity contribution >= 4 is 43.1 Å². The topological polar surface area (TPSA) is 144 Å². The second-order valence-corrected chi connectivity index (χ2v) is 12.1. The maximum atomic E-state index is 15.0. The molecule has 1 aliphatic heterocycles. The van der Waals surface area contributed by atoms with E-state index in [2.05, 4.69) is 25.1 Å². The van der Waals surface area contributed by atoms with Crippen molar-refractivity contribution in [1.82, 2.24) is 34.5 Å². The highest BCUT2D eigenvalue weighted by molar-refractivity contribution is 7.18. The summed E-state index contributed by atoms with van der Waals surface area (Å²) in [5.74, 6) is -1.47. The van der Waals surface area contributed by atoms with Crippen molar-refractivity contribution in [2.75, 3.05) is 6.61 Å². The first-order chi connectivity index (χ1) is 20.2. The smallest absolute Gasteiger partial charge is 0.186 e. The van der Waals surface area contributed by atoms with E-state index in [0.29, 0.717) is 16.2 Å². The van der Waals surface area contributed by atoms with Crippen molar-refractivity contribution in [3.05, 3.63) is 70.5 Å². The Labute approximate surface area is 244 Å². The number of fused-ring (bicyclic) bond motifs is 2. The molecule has 0 amide bonds. The van der Waals surface area contributed by atoms with E-state index in [1.807, 2.05) is 25.1 Å². The van der Waals surface area contributed by atoms with Crippen molar-refractivity contribution in [2.45, 2.75) is 44.3 Å². The summed E-state index contributed by atoms with van der Waals surface area (Å²) in [5, 5.41) is 42.5. The van der Waals surface area contributed by atoms with Gasteiger partial charge in [0.2, 0.25) is 0 Å². The summed E-state index contributed by atoms with van der Waals surface area (Å²) in [5.41, 5.74) is 3.08. The summed E-state index contributed by atoms with van der Waals surface area (Å²) >= 11 is 2.70. The van der Waals surface area contributed by atoms with E-state index < -0.39 is 48.7 Å². The van der Waals surface area contributed by atoms with E-state index in [9.17, 15) is 24.1 Å². The molecule has 0 saturated carbocycles. The van der Waals surface area contributed by atoms with E-state index in [1.165, 1.54) is 51.3 Å². The van der Waals surface area contributed by atoms with Gasteiger partial charge in [-0.15, -0.1) is 22.7 Å². The second kappa shape index (κ2) is 10.2. The number of aliphatic hydroxyl groups is 3. The van der Waals surface area contributed by atoms with Crippen LogP contribution in [-0.2, 0) is 4.74 Å². The molecular weight excluding hydrogens is 588 g/mol. The van der Waals surface area contributed by atoms with Gasteiger partial charge in [0.15, 0.2) is 17.5 Å². The summed E-state index contributed by atoms with van der Waals surface area (Å²) in [6, 6.07) is 5.96. The van der Waals surface area contributed by atoms with Crippen molar-refractivity contribution < 1.29 is 28.8 Å². The molecule has 6 aromatic rings. The number of hydrogen-bond donors (Lipinski definition) is 3. The van der Waals surface area contributed by atoms with E-state index in [0.717, 1.165) is 15.2 Å². The maximum Gasteiger partial charge on any atom is 0.186 e. The van der Waals surface area contributed by atoms with Gasteiger partial charge in [-0.25, -0.2) is 28.4 Å². The third-order valence-corrected chi connectivity index (χ3v) is 9.04. The first kappa shape index (κ1) is 27.1. The molecule has 0 unspecified atom stereocenters. The molecule has 1 saturated heterocycles. The monoisotopic (exact) mass is 611 g/mol. The molecule has 5 atom stereocenters. The molecule has 15 heteroatoms. The van der Waals surface area contributed by atoms with Crippen LogP contribution in [0.15, 0.2) is 42.2 Å². The molecule has 4 aromatic heterocycles. The minimum absolute atomic E-state index is 0.0362. The van der Waals surface area contributed by atoms with Crippen molar-refractivity contribution in [3.8, 4) is 16.8 Å². The molecule has 3 N–H and O–H groups in total. The highest BCUT2D eigenvalue weighted by Crippen LogP contribution is 2.40. The molecule has 1 aliphatic rings. The highest BCUT2D eigenvalue weighted by Gasteiger charge is 2.48. The number of thiazole rings is 2. The normalized spacial score (nSPS) is 22.9. The van der Waals surface area contributed by atoms with Gasteiger partial charge in [0, 0.05) is 17.3 Å². The molecule has 11 nitrogen and oxygen atoms in total. The van der Waals surface area contributed by atoms with Crippen molar-refractivity contribution in [1.29, 1.82) is 0 Å². The predicted octanol–water partition coefficient (Wildman–Crippen LogP) is 3.64. The molecule has 0 bridgehead atoms. The number of ether oxygens (including phenoxy) is 1. The van der Waals surface area contributed by atoms with Gasteiger partial charge in [-0.2, -0.15) is 10.2 Å². The first-order valence-corrected chi connectivity index (χ1v) is 14.6. The van der Waals surface area contributed by atoms with Crippen LogP contribution in [0.2, 0.25) is 0 Å². The molecule has 7 rings (SSSR count). The molecule has 0 spiro atoms. The Morgan fingerprint density at radius 3 is 2.69 bits per heavy atom. The van der Waals surface area contributed by atoms with Crippen LogP contribution in [0.5, 0.6) is 0 Å². The molecule has 0 aliphatic carbocycles. The summed E-state index contributed by atoms with van der Waals surface area (Å²) in [6.45, 7) is 3.06. The summed E-state index contributed by atoms with van der Waals surface area (Å²) in [4.78, 5) is 12.9. The van der Waals surface area contributed by atoms with Crippen LogP contribution < -0.4 is 0 Å². The SMILES string of the molecule is Cc1nc([C@@H]2O[C@H](CO)[C@H](O)[C@H](n3cc(-c4cc5scnc5c(F)c4F)cn3)[C@H]2O)n(-c2ccc3nc(C)sc3c2)n1. The third-order valence-electron chi connectivity index (χ3n) is 7.33. The quantitative estimate of drug-likeness (QED) is 0.266. The van der Waals surface area contributed by atoms with Crippen LogP contribution in [0.1, 0.15) is 28.8 Å². The fraction of sp³-hybridized carbons (Fsp3) is 0.296. The lowest BCUT2D eigenvalue weighted by Crippen LogP contribution is -2.53. The van der Waals surface area contributed by atoms with Gasteiger partial charge < -0.3 is 20.1 Å². The second-order valence-electron chi connectivity index (χ2n) is 10.0. The zero-order chi connectivity index (χ0) is 29.3. The number of nitrogens with zero attached hydrogens (tertiary/aromatic N) is 7. The van der Waals surface area contributed by atoms with Crippen LogP contribution >= 0.6 is 22.7 Å². The number of aromatic nitrogens is 7. The standard InChI is InChI=1S/C27H23F2N7O4S2/c1-11-32-27(36(34-11)14-3-4-16-18(5-14)42-12(2)33-16)26-25(39)23(24(38)17(9-37)40-26)35-8-13(7-31-35)15-6-19-22(30-10-41-19)21(29)20(15)28/h3-8,10,17,23-26,37-39H,9H2,1-2H3/t17-,23+,24+,25-,26-/m1/s1. The van der Waals surface area contributed by atoms with Crippen LogP contribution in [0.25, 0.3) is 37.2 Å². The average Bonchev–Trinajstić information content (AvgIpc) is 3.76. The number of halogens is 2. The third kappa shape index (κ3) is 4.31. The van der Waals surface area contributed by atoms with E-state index in [1.54, 1.807) is 11.6 Å². The van der Waals surface area contributed by atoms with Gasteiger partial charge >= 0.3 is 0 Å². The van der Waals surface area contributed by atoms with Gasteiger partial charge in [-0.1, -0.05) is 0 Å². The minimum Gasteiger partial charge on any atom is -0.394 e. The lowest BCUT2D eigenvalue weighted by Gasteiger charge is -2.41. The Hall–Kier alpha value is -3.73. The fourth-order valence-electron chi connectivity index (χ4n) is 5.38. The number of rotatable bonds is 5. The zero-order valence-corrected chi connectivity index (χ0v) is 23.7. The lowest BCUT2D eigenvalue weighted by atomic mass is 9.92. The van der Waals surface area contributed by atoms with Crippen LogP contribution in [0, 0.1) is 25.5 Å². The van der Waals surface area contributed by atoms with E-state index in [4.69, 9.17) is 4.74 Å². The summed E-state index contributed by atoms with van der Waals surface area (Å²) in [6.07, 6.45) is -2.33. The summed E-state index contributed by atoms with van der Waals surface area (Å²) in [7, 11) is 0. The molecule has 5 heterocycles. The van der Waals surface area contributed by atoms with Crippen molar-refractivity contribution in [2.24, 2.45) is 0 Å². The Morgan fingerprint density at radius 1 is 1.05 bits per heavy atom. The first-order valence-electron chi connectivity index (χ1n) is 12.9. The largest absolute Gasteiger partial charge is 0.394 e. The number of hydrogen-bond acceptors (Lipinski definition) is 11. The maximum absolute atomic E-state index is 15.0. The number of aliphatic hydroxyl groups excluding tert-OH is 3. The van der Waals surface area contributed by atoms with E-state index >= 15 is 0 Å². The minimum atomic E-state index is -1.42. The molecule has 0 radical (unpaired) electrons. The Kier molecular flexibility index (Phi) is 6.60. The molecule has 216 valence electrons. The Balaban J connectivity index is 1.28. The van der Waals surface area contributed by atoms with Gasteiger partial charge in [-0.3, -0.25) is 4.68 Å². The molecular formula is C27H23F2N7O4S2. The lowest BCUT2D eigenvalue weighted by molar-refractivity contribution is -0.210. The molecule has 1 fully saturated rings. The highest BCUT2D eigenvalue weighted by atomic mass is 32.1. The van der Waals surface area contributed by atoms with Crippen LogP contribution in [0.4, 0.5) is 8.78 Å². The Bertz CT molecular complexity index is 1950. The Morgan fingerprint density at radius 2 is 1.88 bits per heavy atom. The number of aryl methyl sites for hydroxylation is 2. The number of benzene rings is 2.